The van der Waals surface area contributed by atoms with Crippen molar-refractivity contribution in [3.63, 3.8) is 0 Å². The molecule has 0 aromatic rings. The van der Waals surface area contributed by atoms with Gasteiger partial charge in [-0.25, -0.2) is 0 Å². The molecule has 0 unspecified atom stereocenters. The molecule has 0 amide bonds. The summed E-state index contributed by atoms with van der Waals surface area (Å²) in [6.07, 6.45) is 0.918. The van der Waals surface area contributed by atoms with E-state index >= 15 is 0 Å². The molecular weight excluding hydrogens is 344 g/mol. The van der Waals surface area contributed by atoms with Crippen molar-refractivity contribution in [3.05, 3.63) is 6.92 Å². The molecule has 0 aliphatic heterocycles. The normalized spacial score (nSPS) is 16.6. The average molecular weight is 381 g/mol. The van der Waals surface area contributed by atoms with Crippen LogP contribution in [0.1, 0.15) is 6.42 Å². The van der Waals surface area contributed by atoms with Gasteiger partial charge in [0.25, 0.3) is 0 Å². The first-order valence-electron chi connectivity index (χ1n) is 8.06. The van der Waals surface area contributed by atoms with Crippen LogP contribution < -0.4 is 0 Å². The highest BCUT2D eigenvalue weighted by Crippen LogP contribution is 2.27. The maximum atomic E-state index is 6.57. The standard InChI is InChI=1S/C14H36O4Si4/c1-11-15-13-12-14-22(10,17-20(5,6)7)18-21(8,9)16-19(2,3)4/h1H,11-14H2,2-10H3/t22-/m0/s1. The highest BCUT2D eigenvalue weighted by atomic mass is 28.5. The van der Waals surface area contributed by atoms with Gasteiger partial charge in [-0.1, -0.05) is 0 Å². The van der Waals surface area contributed by atoms with Crippen LogP contribution in [0.25, 0.3) is 0 Å². The van der Waals surface area contributed by atoms with E-state index in [-0.39, 0.29) is 6.61 Å². The summed E-state index contributed by atoms with van der Waals surface area (Å²) in [5.41, 5.74) is 0. The molecule has 0 aliphatic rings. The number of ether oxygens (including phenoxy) is 1. The van der Waals surface area contributed by atoms with Crippen LogP contribution in [-0.2, 0) is 17.1 Å². The molecule has 0 fully saturated rings. The molecule has 0 bridgehead atoms. The first-order valence-corrected chi connectivity index (χ1v) is 20.2. The predicted octanol–water partition coefficient (Wildman–Crippen LogP) is 4.60. The van der Waals surface area contributed by atoms with E-state index in [1.54, 1.807) is 0 Å². The van der Waals surface area contributed by atoms with Gasteiger partial charge in [0.2, 0.25) is 0 Å². The lowest BCUT2D eigenvalue weighted by Gasteiger charge is -2.41. The molecule has 0 N–H and O–H groups in total. The fourth-order valence-corrected chi connectivity index (χ4v) is 20.6. The number of hydrogen-bond donors (Lipinski definition) is 0. The van der Waals surface area contributed by atoms with Crippen molar-refractivity contribution in [1.29, 1.82) is 0 Å². The number of hydrogen-bond acceptors (Lipinski definition) is 4. The van der Waals surface area contributed by atoms with E-state index < -0.39 is 33.8 Å². The summed E-state index contributed by atoms with van der Waals surface area (Å²) in [4.78, 5) is 0. The fraction of sp³-hybridized carbons (Fsp3) is 0.929. The van der Waals surface area contributed by atoms with Gasteiger partial charge >= 0.3 is 17.1 Å². The molecule has 4 nitrogen and oxygen atoms in total. The molecule has 0 aliphatic carbocycles. The quantitative estimate of drug-likeness (QED) is 0.388. The minimum absolute atomic E-state index is 0.271. The topological polar surface area (TPSA) is 36.9 Å². The van der Waals surface area contributed by atoms with Crippen molar-refractivity contribution in [2.24, 2.45) is 0 Å². The molecule has 0 rings (SSSR count). The summed E-state index contributed by atoms with van der Waals surface area (Å²) < 4.78 is 24.7. The highest BCUT2D eigenvalue weighted by Gasteiger charge is 2.44. The Kier molecular flexibility index (Phi) is 8.98. The molecule has 0 heterocycles. The lowest BCUT2D eigenvalue weighted by atomic mass is 10.5. The van der Waals surface area contributed by atoms with Gasteiger partial charge in [0, 0.05) is 6.61 Å². The van der Waals surface area contributed by atoms with E-state index in [1.165, 1.54) is 0 Å². The van der Waals surface area contributed by atoms with Gasteiger partial charge in [-0.05, 0) is 78.3 Å². The van der Waals surface area contributed by atoms with Crippen LogP contribution in [0.5, 0.6) is 0 Å². The molecule has 132 valence electrons. The van der Waals surface area contributed by atoms with Gasteiger partial charge in [-0.2, -0.15) is 0 Å². The van der Waals surface area contributed by atoms with Crippen molar-refractivity contribution in [2.45, 2.75) is 71.4 Å². The number of rotatable bonds is 11. The summed E-state index contributed by atoms with van der Waals surface area (Å²) in [5.74, 6) is 0. The minimum Gasteiger partial charge on any atom is -0.437 e. The highest BCUT2D eigenvalue weighted by molar-refractivity contribution is 6.89. The van der Waals surface area contributed by atoms with E-state index in [4.69, 9.17) is 24.0 Å². The molecule has 2 radical (unpaired) electrons. The molecule has 8 heteroatoms. The second-order valence-electron chi connectivity index (χ2n) is 8.24. The summed E-state index contributed by atoms with van der Waals surface area (Å²) in [6.45, 7) is 26.0. The molecule has 0 spiro atoms. The van der Waals surface area contributed by atoms with Gasteiger partial charge in [0.1, 0.15) is 0 Å². The second-order valence-corrected chi connectivity index (χ2v) is 24.7. The third-order valence-electron chi connectivity index (χ3n) is 2.57. The molecule has 0 aromatic heterocycles. The van der Waals surface area contributed by atoms with Crippen molar-refractivity contribution < 1.29 is 17.1 Å². The summed E-state index contributed by atoms with van der Waals surface area (Å²) >= 11 is 0. The van der Waals surface area contributed by atoms with Crippen LogP contribution in [0.2, 0.25) is 65.0 Å². The van der Waals surface area contributed by atoms with Gasteiger partial charge in [-0.15, -0.1) is 0 Å². The third kappa shape index (κ3) is 12.2. The molecule has 0 saturated heterocycles. The molecule has 22 heavy (non-hydrogen) atoms. The van der Waals surface area contributed by atoms with E-state index in [0.29, 0.717) is 6.61 Å². The molecule has 0 saturated carbocycles. The Bertz CT molecular complexity index is 326. The smallest absolute Gasteiger partial charge is 0.315 e. The van der Waals surface area contributed by atoms with Crippen molar-refractivity contribution in [2.75, 3.05) is 13.2 Å². The van der Waals surface area contributed by atoms with Crippen LogP contribution in [0.3, 0.4) is 0 Å². The Hall–Kier alpha value is 0.708. The van der Waals surface area contributed by atoms with E-state index in [2.05, 4.69) is 58.9 Å². The molecular formula is C14H36O4Si4. The Morgan fingerprint density at radius 2 is 1.23 bits per heavy atom. The second kappa shape index (κ2) is 8.70. The van der Waals surface area contributed by atoms with Crippen LogP contribution >= 0.6 is 0 Å². The maximum Gasteiger partial charge on any atom is 0.315 e. The lowest BCUT2D eigenvalue weighted by Crippen LogP contribution is -2.56. The Balaban J connectivity index is 4.90. The van der Waals surface area contributed by atoms with Crippen LogP contribution in [0.4, 0.5) is 0 Å². The summed E-state index contributed by atoms with van der Waals surface area (Å²) in [5, 5.41) is 0. The average Bonchev–Trinajstić information content (AvgIpc) is 2.16. The Morgan fingerprint density at radius 1 is 0.727 bits per heavy atom. The first kappa shape index (κ1) is 22.7. The summed E-state index contributed by atoms with van der Waals surface area (Å²) in [6, 6.07) is 0.919. The minimum atomic E-state index is -2.27. The zero-order valence-electron chi connectivity index (χ0n) is 16.0. The lowest BCUT2D eigenvalue weighted by molar-refractivity contribution is 0.159. The molecule has 1 atom stereocenters. The van der Waals surface area contributed by atoms with Crippen molar-refractivity contribution >= 4 is 33.8 Å². The van der Waals surface area contributed by atoms with E-state index in [1.807, 2.05) is 0 Å². The Labute approximate surface area is 142 Å². The molecule has 0 aromatic carbocycles. The maximum absolute atomic E-state index is 6.57. The summed E-state index contributed by atoms with van der Waals surface area (Å²) in [7, 11) is -7.75. The van der Waals surface area contributed by atoms with E-state index in [0.717, 1.165) is 12.5 Å². The van der Waals surface area contributed by atoms with Crippen LogP contribution in [0.15, 0.2) is 0 Å². The van der Waals surface area contributed by atoms with Gasteiger partial charge in [0.15, 0.2) is 16.6 Å². The van der Waals surface area contributed by atoms with E-state index in [9.17, 15) is 0 Å². The third-order valence-corrected chi connectivity index (χ3v) is 16.1. The van der Waals surface area contributed by atoms with Crippen LogP contribution in [0, 0.1) is 6.92 Å². The van der Waals surface area contributed by atoms with Crippen molar-refractivity contribution in [3.8, 4) is 0 Å². The fourth-order valence-electron chi connectivity index (χ4n) is 2.63. The Morgan fingerprint density at radius 3 is 1.64 bits per heavy atom. The first-order chi connectivity index (χ1) is 9.68. The van der Waals surface area contributed by atoms with Gasteiger partial charge in [-0.3, -0.25) is 0 Å². The van der Waals surface area contributed by atoms with Gasteiger partial charge < -0.3 is 17.1 Å². The SMILES string of the molecule is [CH]COCCC[Si@@](C)(O[Si](C)(C)C)O[Si](C)(C)O[Si](C)(C)C. The largest absolute Gasteiger partial charge is 0.437 e. The zero-order chi connectivity index (χ0) is 17.7. The zero-order valence-corrected chi connectivity index (χ0v) is 20.0. The predicted molar refractivity (Wildman–Crippen MR) is 104 cm³/mol. The van der Waals surface area contributed by atoms with Crippen molar-refractivity contribution in [1.82, 2.24) is 0 Å². The van der Waals surface area contributed by atoms with Gasteiger partial charge in [0.05, 0.1) is 6.61 Å². The van der Waals surface area contributed by atoms with Crippen LogP contribution in [-0.4, -0.2) is 47.0 Å². The monoisotopic (exact) mass is 380 g/mol.